The molecule has 0 unspecified atom stereocenters. The van der Waals surface area contributed by atoms with Gasteiger partial charge < -0.3 is 5.32 Å². The van der Waals surface area contributed by atoms with E-state index in [9.17, 15) is 13.2 Å². The van der Waals surface area contributed by atoms with Gasteiger partial charge in [-0.3, -0.25) is 4.79 Å². The van der Waals surface area contributed by atoms with Crippen LogP contribution in [0.3, 0.4) is 0 Å². The van der Waals surface area contributed by atoms with Crippen LogP contribution >= 0.6 is 0 Å². The molecule has 1 aliphatic heterocycles. The Bertz CT molecular complexity index is 920. The molecule has 0 saturated heterocycles. The summed E-state index contributed by atoms with van der Waals surface area (Å²) < 4.78 is 28.0. The molecule has 2 N–H and O–H groups in total. The van der Waals surface area contributed by atoms with Gasteiger partial charge in [0.2, 0.25) is 15.9 Å². The molecule has 0 saturated carbocycles. The molecule has 2 aromatic carbocycles. The molecule has 0 atom stereocenters. The molecule has 1 heterocycles. The number of benzene rings is 2. The topological polar surface area (TPSA) is 75.3 Å². The number of hydrogen-bond acceptors (Lipinski definition) is 3. The zero-order chi connectivity index (χ0) is 18.0. The van der Waals surface area contributed by atoms with Crippen molar-refractivity contribution in [3.8, 4) is 0 Å². The second-order valence-corrected chi connectivity index (χ2v) is 8.24. The van der Waals surface area contributed by atoms with E-state index in [1.165, 1.54) is 6.07 Å². The zero-order valence-corrected chi connectivity index (χ0v) is 15.2. The maximum absolute atomic E-state index is 12.6. The van der Waals surface area contributed by atoms with E-state index in [1.807, 2.05) is 32.0 Å². The lowest BCUT2D eigenvalue weighted by Crippen LogP contribution is -2.24. The fourth-order valence-corrected chi connectivity index (χ4v) is 4.02. The number of carbonyl (C=O) groups is 1. The first-order valence-corrected chi connectivity index (χ1v) is 9.82. The molecule has 6 heteroatoms. The Morgan fingerprint density at radius 2 is 1.88 bits per heavy atom. The van der Waals surface area contributed by atoms with E-state index < -0.39 is 10.0 Å². The van der Waals surface area contributed by atoms with Crippen LogP contribution in [0.1, 0.15) is 35.1 Å². The fraction of sp³-hybridized carbons (Fsp3) is 0.316. The second kappa shape index (κ2) is 6.98. The molecule has 0 spiro atoms. The summed E-state index contributed by atoms with van der Waals surface area (Å²) in [7, 11) is -3.61. The average molecular weight is 358 g/mol. The molecule has 1 amide bonds. The molecule has 1 aliphatic rings. The molecule has 3 rings (SSSR count). The Hall–Kier alpha value is -2.18. The van der Waals surface area contributed by atoms with Gasteiger partial charge in [-0.25, -0.2) is 13.1 Å². The quantitative estimate of drug-likeness (QED) is 0.882. The zero-order valence-electron chi connectivity index (χ0n) is 14.4. The largest absolute Gasteiger partial charge is 0.326 e. The van der Waals surface area contributed by atoms with Gasteiger partial charge in [-0.1, -0.05) is 23.8 Å². The van der Waals surface area contributed by atoms with Crippen LogP contribution in [-0.4, -0.2) is 14.3 Å². The Kier molecular flexibility index (Phi) is 4.92. The lowest BCUT2D eigenvalue weighted by Gasteiger charge is -2.12. The van der Waals surface area contributed by atoms with Crippen molar-refractivity contribution in [1.82, 2.24) is 4.72 Å². The first kappa shape index (κ1) is 17.6. The van der Waals surface area contributed by atoms with Crippen molar-refractivity contribution in [3.05, 3.63) is 58.7 Å². The van der Waals surface area contributed by atoms with Crippen molar-refractivity contribution < 1.29 is 13.2 Å². The van der Waals surface area contributed by atoms with Gasteiger partial charge >= 0.3 is 0 Å². The minimum atomic E-state index is -3.61. The van der Waals surface area contributed by atoms with Crippen LogP contribution in [-0.2, 0) is 27.8 Å². The lowest BCUT2D eigenvalue weighted by molar-refractivity contribution is -0.116. The van der Waals surface area contributed by atoms with Crippen LogP contribution in [0, 0.1) is 13.8 Å². The molecule has 5 nitrogen and oxygen atoms in total. The molecule has 0 radical (unpaired) electrons. The molecule has 25 heavy (non-hydrogen) atoms. The van der Waals surface area contributed by atoms with E-state index in [1.54, 1.807) is 12.1 Å². The first-order valence-electron chi connectivity index (χ1n) is 8.34. The third kappa shape index (κ3) is 4.08. The van der Waals surface area contributed by atoms with E-state index in [-0.39, 0.29) is 17.3 Å². The Morgan fingerprint density at radius 1 is 1.08 bits per heavy atom. The van der Waals surface area contributed by atoms with Crippen molar-refractivity contribution in [2.75, 3.05) is 5.32 Å². The molecule has 2 aromatic rings. The standard InChI is InChI=1S/C19H22N2O3S/c1-13-6-7-14(2)16(10-13)12-20-25(23,24)17-8-9-18-15(11-17)4-3-5-19(22)21-18/h6-11,20H,3-5,12H2,1-2H3,(H,21,22). The fourth-order valence-electron chi connectivity index (χ4n) is 2.96. The highest BCUT2D eigenvalue weighted by Gasteiger charge is 2.19. The first-order chi connectivity index (χ1) is 11.8. The summed E-state index contributed by atoms with van der Waals surface area (Å²) in [6.07, 6.45) is 1.87. The van der Waals surface area contributed by atoms with Gasteiger partial charge in [-0.15, -0.1) is 0 Å². The third-order valence-electron chi connectivity index (χ3n) is 4.47. The molecule has 0 aromatic heterocycles. The Balaban J connectivity index is 1.81. The number of fused-ring (bicyclic) bond motifs is 1. The van der Waals surface area contributed by atoms with Gasteiger partial charge in [0.25, 0.3) is 0 Å². The minimum Gasteiger partial charge on any atom is -0.326 e. The van der Waals surface area contributed by atoms with Gasteiger partial charge in [0.05, 0.1) is 4.90 Å². The summed E-state index contributed by atoms with van der Waals surface area (Å²) in [5.41, 5.74) is 4.68. The molecule has 0 bridgehead atoms. The number of amides is 1. The van der Waals surface area contributed by atoms with Crippen molar-refractivity contribution in [2.45, 2.75) is 44.6 Å². The smallest absolute Gasteiger partial charge is 0.240 e. The maximum atomic E-state index is 12.6. The van der Waals surface area contributed by atoms with E-state index >= 15 is 0 Å². The molecule has 0 fully saturated rings. The Morgan fingerprint density at radius 3 is 2.68 bits per heavy atom. The SMILES string of the molecule is Cc1ccc(C)c(CNS(=O)(=O)c2ccc3c(c2)CCCC(=O)N3)c1. The van der Waals surface area contributed by atoms with Crippen LogP contribution in [0.25, 0.3) is 0 Å². The van der Waals surface area contributed by atoms with Gasteiger partial charge in [0.1, 0.15) is 0 Å². The maximum Gasteiger partial charge on any atom is 0.240 e. The van der Waals surface area contributed by atoms with Gasteiger partial charge in [0, 0.05) is 18.7 Å². The van der Waals surface area contributed by atoms with Crippen LogP contribution in [0.5, 0.6) is 0 Å². The number of anilines is 1. The van der Waals surface area contributed by atoms with Crippen molar-refractivity contribution in [2.24, 2.45) is 0 Å². The number of carbonyl (C=O) groups excluding carboxylic acids is 1. The summed E-state index contributed by atoms with van der Waals surface area (Å²) in [4.78, 5) is 11.8. The number of hydrogen-bond donors (Lipinski definition) is 2. The number of aryl methyl sites for hydroxylation is 3. The molecular weight excluding hydrogens is 336 g/mol. The summed E-state index contributed by atoms with van der Waals surface area (Å²) in [5, 5.41) is 2.82. The number of sulfonamides is 1. The predicted molar refractivity (Wildman–Crippen MR) is 98.0 cm³/mol. The van der Waals surface area contributed by atoms with Gasteiger partial charge in [-0.05, 0) is 61.6 Å². The normalized spacial score (nSPS) is 14.6. The summed E-state index contributed by atoms with van der Waals surface area (Å²) in [6, 6.07) is 10.9. The minimum absolute atomic E-state index is 0.0256. The highest BCUT2D eigenvalue weighted by atomic mass is 32.2. The monoisotopic (exact) mass is 358 g/mol. The van der Waals surface area contributed by atoms with Gasteiger partial charge in [-0.2, -0.15) is 0 Å². The molecular formula is C19H22N2O3S. The van der Waals surface area contributed by atoms with Crippen LogP contribution in [0.2, 0.25) is 0 Å². The summed E-state index contributed by atoms with van der Waals surface area (Å²) in [6.45, 7) is 4.20. The van der Waals surface area contributed by atoms with E-state index in [2.05, 4.69) is 10.0 Å². The summed E-state index contributed by atoms with van der Waals surface area (Å²) >= 11 is 0. The molecule has 132 valence electrons. The lowest BCUT2D eigenvalue weighted by atomic mass is 10.1. The van der Waals surface area contributed by atoms with Crippen LogP contribution in [0.4, 0.5) is 5.69 Å². The van der Waals surface area contributed by atoms with Crippen molar-refractivity contribution >= 4 is 21.6 Å². The van der Waals surface area contributed by atoms with Crippen LogP contribution < -0.4 is 10.0 Å². The van der Waals surface area contributed by atoms with Crippen molar-refractivity contribution in [3.63, 3.8) is 0 Å². The van der Waals surface area contributed by atoms with Crippen LogP contribution in [0.15, 0.2) is 41.3 Å². The number of nitrogens with one attached hydrogen (secondary N) is 2. The van der Waals surface area contributed by atoms with E-state index in [0.29, 0.717) is 18.5 Å². The van der Waals surface area contributed by atoms with E-state index in [0.717, 1.165) is 28.7 Å². The highest BCUT2D eigenvalue weighted by Crippen LogP contribution is 2.25. The summed E-state index contributed by atoms with van der Waals surface area (Å²) in [5.74, 6) is -0.0256. The van der Waals surface area contributed by atoms with Gasteiger partial charge in [0.15, 0.2) is 0 Å². The average Bonchev–Trinajstić information content (AvgIpc) is 2.75. The highest BCUT2D eigenvalue weighted by molar-refractivity contribution is 7.89. The number of rotatable bonds is 4. The predicted octanol–water partition coefficient (Wildman–Crippen LogP) is 3.06. The van der Waals surface area contributed by atoms with Crippen molar-refractivity contribution in [1.29, 1.82) is 0 Å². The Labute approximate surface area is 148 Å². The second-order valence-electron chi connectivity index (χ2n) is 6.48. The third-order valence-corrected chi connectivity index (χ3v) is 5.87. The van der Waals surface area contributed by atoms with E-state index in [4.69, 9.17) is 0 Å². The molecule has 0 aliphatic carbocycles.